The molecule has 0 aliphatic carbocycles. The predicted octanol–water partition coefficient (Wildman–Crippen LogP) is 2.90. The van der Waals surface area contributed by atoms with E-state index in [2.05, 4.69) is 15.5 Å². The Balaban J connectivity index is 2.17. The van der Waals surface area contributed by atoms with Crippen molar-refractivity contribution >= 4 is 5.97 Å². The van der Waals surface area contributed by atoms with Gasteiger partial charge in [-0.15, -0.1) is 5.10 Å². The highest BCUT2D eigenvalue weighted by molar-refractivity contribution is 5.90. The topological polar surface area (TPSA) is 80.9 Å². The molecule has 0 bridgehead atoms. The van der Waals surface area contributed by atoms with Gasteiger partial charge in [0.05, 0.1) is 11.3 Å². The summed E-state index contributed by atoms with van der Waals surface area (Å²) in [5, 5.41) is 21.0. The van der Waals surface area contributed by atoms with E-state index in [0.29, 0.717) is 17.9 Å². The molecule has 6 heteroatoms. The van der Waals surface area contributed by atoms with Crippen molar-refractivity contribution in [1.29, 1.82) is 0 Å². The van der Waals surface area contributed by atoms with Crippen LogP contribution in [0.25, 0.3) is 16.8 Å². The number of aromatic nitrogens is 4. The number of benzene rings is 2. The molecule has 0 amide bonds. The van der Waals surface area contributed by atoms with Crippen LogP contribution in [0, 0.1) is 6.92 Å². The third-order valence-corrected chi connectivity index (χ3v) is 3.64. The zero-order chi connectivity index (χ0) is 16.4. The maximum Gasteiger partial charge on any atom is 0.335 e. The Labute approximate surface area is 133 Å². The number of aryl methyl sites for hydroxylation is 2. The first kappa shape index (κ1) is 14.9. The first-order valence-electron chi connectivity index (χ1n) is 7.31. The number of rotatable bonds is 4. The Hall–Kier alpha value is -3.02. The minimum absolute atomic E-state index is 0.204. The SMILES string of the molecule is CCc1nnnn1-c1cc(C(=O)O)cc(-c2ccc(C)cc2)c1. The van der Waals surface area contributed by atoms with Gasteiger partial charge in [0.15, 0.2) is 5.82 Å². The van der Waals surface area contributed by atoms with Gasteiger partial charge in [-0.3, -0.25) is 0 Å². The Kier molecular flexibility index (Phi) is 3.89. The van der Waals surface area contributed by atoms with Gasteiger partial charge in [-0.05, 0) is 46.7 Å². The molecule has 3 rings (SSSR count). The lowest BCUT2D eigenvalue weighted by Crippen LogP contribution is -2.05. The largest absolute Gasteiger partial charge is 0.478 e. The molecule has 0 fully saturated rings. The van der Waals surface area contributed by atoms with Gasteiger partial charge in [-0.2, -0.15) is 4.68 Å². The molecule has 0 saturated carbocycles. The van der Waals surface area contributed by atoms with Crippen molar-refractivity contribution in [2.75, 3.05) is 0 Å². The average molecular weight is 308 g/mol. The van der Waals surface area contributed by atoms with E-state index in [0.717, 1.165) is 16.7 Å². The van der Waals surface area contributed by atoms with Crippen molar-refractivity contribution in [3.63, 3.8) is 0 Å². The first-order valence-corrected chi connectivity index (χ1v) is 7.31. The van der Waals surface area contributed by atoms with Crippen LogP contribution in [0.1, 0.15) is 28.7 Å². The number of carboxylic acid groups (broad SMARTS) is 1. The van der Waals surface area contributed by atoms with Gasteiger partial charge < -0.3 is 5.11 Å². The molecule has 0 spiro atoms. The van der Waals surface area contributed by atoms with Gasteiger partial charge >= 0.3 is 5.97 Å². The monoisotopic (exact) mass is 308 g/mol. The molecule has 0 unspecified atom stereocenters. The summed E-state index contributed by atoms with van der Waals surface area (Å²) in [6, 6.07) is 13.1. The summed E-state index contributed by atoms with van der Waals surface area (Å²) in [5.41, 5.74) is 3.76. The molecule has 0 aliphatic heterocycles. The summed E-state index contributed by atoms with van der Waals surface area (Å²) in [4.78, 5) is 11.5. The first-order chi connectivity index (χ1) is 11.1. The Morgan fingerprint density at radius 2 is 1.87 bits per heavy atom. The van der Waals surface area contributed by atoms with Gasteiger partial charge in [0.1, 0.15) is 0 Å². The van der Waals surface area contributed by atoms with E-state index in [1.54, 1.807) is 16.8 Å². The van der Waals surface area contributed by atoms with Crippen LogP contribution >= 0.6 is 0 Å². The third-order valence-electron chi connectivity index (χ3n) is 3.64. The van der Waals surface area contributed by atoms with Gasteiger partial charge in [0.25, 0.3) is 0 Å². The van der Waals surface area contributed by atoms with Gasteiger partial charge in [0.2, 0.25) is 0 Å². The molecule has 3 aromatic rings. The second-order valence-corrected chi connectivity index (χ2v) is 5.30. The van der Waals surface area contributed by atoms with Crippen LogP contribution in [0.4, 0.5) is 0 Å². The lowest BCUT2D eigenvalue weighted by Gasteiger charge is -2.09. The molecule has 2 aromatic carbocycles. The van der Waals surface area contributed by atoms with E-state index in [9.17, 15) is 9.90 Å². The van der Waals surface area contributed by atoms with E-state index < -0.39 is 5.97 Å². The quantitative estimate of drug-likeness (QED) is 0.801. The zero-order valence-electron chi connectivity index (χ0n) is 12.9. The number of tetrazole rings is 1. The van der Waals surface area contributed by atoms with Crippen molar-refractivity contribution in [2.45, 2.75) is 20.3 Å². The number of carboxylic acids is 1. The van der Waals surface area contributed by atoms with E-state index in [-0.39, 0.29) is 5.56 Å². The molecule has 1 N–H and O–H groups in total. The molecule has 1 aromatic heterocycles. The molecule has 0 saturated heterocycles. The predicted molar refractivity (Wildman–Crippen MR) is 85.7 cm³/mol. The summed E-state index contributed by atoms with van der Waals surface area (Å²) >= 11 is 0. The van der Waals surface area contributed by atoms with Crippen LogP contribution in [-0.2, 0) is 6.42 Å². The van der Waals surface area contributed by atoms with Crippen molar-refractivity contribution in [3.8, 4) is 16.8 Å². The van der Waals surface area contributed by atoms with Crippen molar-refractivity contribution in [3.05, 3.63) is 59.4 Å². The maximum atomic E-state index is 11.5. The molecule has 0 atom stereocenters. The van der Waals surface area contributed by atoms with Gasteiger partial charge in [-0.25, -0.2) is 4.79 Å². The summed E-state index contributed by atoms with van der Waals surface area (Å²) in [7, 11) is 0. The molecule has 116 valence electrons. The van der Waals surface area contributed by atoms with Crippen LogP contribution in [0.5, 0.6) is 0 Å². The van der Waals surface area contributed by atoms with Gasteiger partial charge in [0, 0.05) is 6.42 Å². The van der Waals surface area contributed by atoms with E-state index in [1.807, 2.05) is 44.2 Å². The molecular weight excluding hydrogens is 292 g/mol. The molecule has 1 heterocycles. The number of hydrogen-bond acceptors (Lipinski definition) is 4. The Morgan fingerprint density at radius 3 is 2.52 bits per heavy atom. The number of aromatic carboxylic acids is 1. The van der Waals surface area contributed by atoms with E-state index >= 15 is 0 Å². The van der Waals surface area contributed by atoms with Crippen LogP contribution in [0.15, 0.2) is 42.5 Å². The highest BCUT2D eigenvalue weighted by Crippen LogP contribution is 2.25. The summed E-state index contributed by atoms with van der Waals surface area (Å²) in [6.07, 6.45) is 0.657. The van der Waals surface area contributed by atoms with Crippen molar-refractivity contribution in [2.24, 2.45) is 0 Å². The van der Waals surface area contributed by atoms with Crippen LogP contribution in [-0.4, -0.2) is 31.3 Å². The van der Waals surface area contributed by atoms with E-state index in [1.165, 1.54) is 0 Å². The summed E-state index contributed by atoms with van der Waals surface area (Å²) < 4.78 is 1.57. The second kappa shape index (κ2) is 6.00. The smallest absolute Gasteiger partial charge is 0.335 e. The van der Waals surface area contributed by atoms with Crippen LogP contribution < -0.4 is 0 Å². The molecule has 23 heavy (non-hydrogen) atoms. The number of nitrogens with zero attached hydrogens (tertiary/aromatic N) is 4. The second-order valence-electron chi connectivity index (χ2n) is 5.30. The fraction of sp³-hybridized carbons (Fsp3) is 0.176. The average Bonchev–Trinajstić information content (AvgIpc) is 3.03. The maximum absolute atomic E-state index is 11.5. The van der Waals surface area contributed by atoms with Gasteiger partial charge in [-0.1, -0.05) is 36.8 Å². The third kappa shape index (κ3) is 2.96. The van der Waals surface area contributed by atoms with Crippen LogP contribution in [0.2, 0.25) is 0 Å². The van der Waals surface area contributed by atoms with Crippen LogP contribution in [0.3, 0.4) is 0 Å². The number of carbonyl (C=O) groups is 1. The molecule has 0 radical (unpaired) electrons. The highest BCUT2D eigenvalue weighted by Gasteiger charge is 2.13. The van der Waals surface area contributed by atoms with Crippen molar-refractivity contribution < 1.29 is 9.90 Å². The highest BCUT2D eigenvalue weighted by atomic mass is 16.4. The van der Waals surface area contributed by atoms with Crippen molar-refractivity contribution in [1.82, 2.24) is 20.2 Å². The number of hydrogen-bond donors (Lipinski definition) is 1. The summed E-state index contributed by atoms with van der Waals surface area (Å²) in [6.45, 7) is 3.96. The Morgan fingerprint density at radius 1 is 1.13 bits per heavy atom. The fourth-order valence-electron chi connectivity index (χ4n) is 2.40. The van der Waals surface area contributed by atoms with E-state index in [4.69, 9.17) is 0 Å². The molecular formula is C17H16N4O2. The summed E-state index contributed by atoms with van der Waals surface area (Å²) in [5.74, 6) is -0.297. The minimum Gasteiger partial charge on any atom is -0.478 e. The lowest BCUT2D eigenvalue weighted by molar-refractivity contribution is 0.0697. The lowest BCUT2D eigenvalue weighted by atomic mass is 10.0. The Bertz CT molecular complexity index is 853. The minimum atomic E-state index is -0.980. The standard InChI is InChI=1S/C17H16N4O2/c1-3-16-18-19-20-21(16)15-9-13(8-14(10-15)17(22)23)12-6-4-11(2)5-7-12/h4-10H,3H2,1-2H3,(H,22,23). The zero-order valence-corrected chi connectivity index (χ0v) is 12.9. The normalized spacial score (nSPS) is 10.7. The fourth-order valence-corrected chi connectivity index (χ4v) is 2.40. The molecule has 0 aliphatic rings. The molecule has 6 nitrogen and oxygen atoms in total.